The van der Waals surface area contributed by atoms with Crippen LogP contribution in [0.1, 0.15) is 40.5 Å². The molecule has 0 bridgehead atoms. The highest BCUT2D eigenvalue weighted by Gasteiger charge is 2.48. The Hall–Kier alpha value is -0.160. The van der Waals surface area contributed by atoms with Crippen LogP contribution in [0.4, 0.5) is 0 Å². The fourth-order valence-corrected chi connectivity index (χ4v) is 3.88. The van der Waals surface area contributed by atoms with Crippen LogP contribution in [0.2, 0.25) is 0 Å². The third-order valence-electron chi connectivity index (χ3n) is 4.40. The predicted octanol–water partition coefficient (Wildman–Crippen LogP) is 1.38. The van der Waals surface area contributed by atoms with Crippen LogP contribution in [0.3, 0.4) is 0 Å². The molecular weight excluding hydrogens is 228 g/mol. The van der Waals surface area contributed by atoms with Gasteiger partial charge < -0.3 is 15.2 Å². The van der Waals surface area contributed by atoms with Crippen molar-refractivity contribution >= 4 is 0 Å². The number of hydrogen-bond donors (Lipinski definition) is 1. The van der Waals surface area contributed by atoms with Gasteiger partial charge in [-0.1, -0.05) is 0 Å². The molecule has 0 radical (unpaired) electrons. The fourth-order valence-electron chi connectivity index (χ4n) is 3.88. The number of morpholine rings is 1. The lowest BCUT2D eigenvalue weighted by Gasteiger charge is -2.56. The van der Waals surface area contributed by atoms with Gasteiger partial charge in [-0.05, 0) is 40.5 Å². The van der Waals surface area contributed by atoms with E-state index in [2.05, 4.69) is 32.6 Å². The average Bonchev–Trinajstić information content (AvgIpc) is 2.26. The van der Waals surface area contributed by atoms with Gasteiger partial charge in [0.1, 0.15) is 0 Å². The lowest BCUT2D eigenvalue weighted by Crippen LogP contribution is -2.68. The number of rotatable bonds is 2. The van der Waals surface area contributed by atoms with Crippen molar-refractivity contribution in [3.8, 4) is 0 Å². The Morgan fingerprint density at radius 2 is 1.83 bits per heavy atom. The molecule has 2 aliphatic heterocycles. The molecule has 0 amide bonds. The molecule has 2 aliphatic rings. The van der Waals surface area contributed by atoms with Gasteiger partial charge in [0.15, 0.2) is 0 Å². The summed E-state index contributed by atoms with van der Waals surface area (Å²) in [7, 11) is 0. The normalized spacial score (nSPS) is 41.8. The van der Waals surface area contributed by atoms with Gasteiger partial charge in [0.05, 0.1) is 25.4 Å². The molecule has 2 heterocycles. The first-order valence-electron chi connectivity index (χ1n) is 7.11. The van der Waals surface area contributed by atoms with Crippen LogP contribution in [0.25, 0.3) is 0 Å². The second-order valence-electron chi connectivity index (χ2n) is 6.61. The van der Waals surface area contributed by atoms with Crippen molar-refractivity contribution in [1.29, 1.82) is 0 Å². The Bertz CT molecular complexity index is 284. The minimum absolute atomic E-state index is 0.0639. The Morgan fingerprint density at radius 3 is 2.33 bits per heavy atom. The molecule has 0 saturated carbocycles. The number of nitrogens with zero attached hydrogens (tertiary/aromatic N) is 1. The average molecular weight is 256 g/mol. The van der Waals surface area contributed by atoms with Crippen molar-refractivity contribution in [3.63, 3.8) is 0 Å². The second-order valence-corrected chi connectivity index (χ2v) is 6.61. The molecule has 2 unspecified atom stereocenters. The van der Waals surface area contributed by atoms with Crippen molar-refractivity contribution in [1.82, 2.24) is 4.90 Å². The quantitative estimate of drug-likeness (QED) is 0.811. The molecule has 2 saturated heterocycles. The lowest BCUT2D eigenvalue weighted by molar-refractivity contribution is -0.160. The molecule has 4 nitrogen and oxygen atoms in total. The van der Waals surface area contributed by atoms with E-state index in [1.165, 1.54) is 0 Å². The molecule has 0 aliphatic carbocycles. The first-order valence-corrected chi connectivity index (χ1v) is 7.11. The van der Waals surface area contributed by atoms with E-state index in [1.807, 2.05) is 0 Å². The Labute approximate surface area is 111 Å². The van der Waals surface area contributed by atoms with Gasteiger partial charge in [0.25, 0.3) is 0 Å². The first-order chi connectivity index (χ1) is 8.39. The van der Waals surface area contributed by atoms with Crippen molar-refractivity contribution in [3.05, 3.63) is 0 Å². The summed E-state index contributed by atoms with van der Waals surface area (Å²) < 4.78 is 11.5. The highest BCUT2D eigenvalue weighted by atomic mass is 16.5. The zero-order valence-corrected chi connectivity index (χ0v) is 12.2. The van der Waals surface area contributed by atoms with Gasteiger partial charge in [-0.15, -0.1) is 0 Å². The molecule has 2 atom stereocenters. The summed E-state index contributed by atoms with van der Waals surface area (Å²) in [6.45, 7) is 12.1. The van der Waals surface area contributed by atoms with Crippen molar-refractivity contribution in [2.45, 2.75) is 63.8 Å². The predicted molar refractivity (Wildman–Crippen MR) is 72.6 cm³/mol. The minimum atomic E-state index is 0.0639. The van der Waals surface area contributed by atoms with Crippen LogP contribution >= 0.6 is 0 Å². The van der Waals surface area contributed by atoms with E-state index in [4.69, 9.17) is 15.2 Å². The summed E-state index contributed by atoms with van der Waals surface area (Å²) in [6.07, 6.45) is 2.63. The first kappa shape index (κ1) is 14.3. The number of hydrogen-bond acceptors (Lipinski definition) is 4. The summed E-state index contributed by atoms with van der Waals surface area (Å²) in [5.74, 6) is 0. The maximum Gasteiger partial charge on any atom is 0.0645 e. The highest BCUT2D eigenvalue weighted by Crippen LogP contribution is 2.38. The van der Waals surface area contributed by atoms with E-state index >= 15 is 0 Å². The molecule has 0 aromatic rings. The summed E-state index contributed by atoms with van der Waals surface area (Å²) >= 11 is 0. The van der Waals surface area contributed by atoms with E-state index in [-0.39, 0.29) is 23.3 Å². The molecule has 2 fully saturated rings. The van der Waals surface area contributed by atoms with Crippen LogP contribution in [-0.4, -0.2) is 54.5 Å². The smallest absolute Gasteiger partial charge is 0.0645 e. The summed E-state index contributed by atoms with van der Waals surface area (Å²) in [5.41, 5.74) is 6.31. The third-order valence-corrected chi connectivity index (χ3v) is 4.40. The number of nitrogens with two attached hydrogens (primary N) is 1. The Kier molecular flexibility index (Phi) is 4.02. The van der Waals surface area contributed by atoms with Gasteiger partial charge in [-0.2, -0.15) is 0 Å². The third kappa shape index (κ3) is 2.57. The summed E-state index contributed by atoms with van der Waals surface area (Å²) in [6, 6.07) is 0. The van der Waals surface area contributed by atoms with E-state index < -0.39 is 0 Å². The van der Waals surface area contributed by atoms with Crippen LogP contribution < -0.4 is 5.73 Å². The molecule has 0 aromatic carbocycles. The molecule has 106 valence electrons. The Balaban J connectivity index is 2.25. The zero-order chi connectivity index (χ0) is 13.4. The highest BCUT2D eigenvalue weighted by molar-refractivity contribution is 5.03. The molecule has 2 rings (SSSR count). The Morgan fingerprint density at radius 1 is 1.22 bits per heavy atom. The molecule has 0 spiro atoms. The zero-order valence-electron chi connectivity index (χ0n) is 12.2. The van der Waals surface area contributed by atoms with Crippen molar-refractivity contribution in [2.24, 2.45) is 5.73 Å². The maximum atomic E-state index is 6.18. The van der Waals surface area contributed by atoms with Gasteiger partial charge >= 0.3 is 0 Å². The van der Waals surface area contributed by atoms with Gasteiger partial charge in [0.2, 0.25) is 0 Å². The molecule has 18 heavy (non-hydrogen) atoms. The summed E-state index contributed by atoms with van der Waals surface area (Å²) in [4.78, 5) is 2.58. The fraction of sp³-hybridized carbons (Fsp3) is 1.00. The van der Waals surface area contributed by atoms with Gasteiger partial charge in [-0.3, -0.25) is 4.90 Å². The van der Waals surface area contributed by atoms with E-state index in [1.54, 1.807) is 0 Å². The SMILES string of the molecule is CC1CC(CN)(N2CCOCC2(C)C)CC(C)O1. The summed E-state index contributed by atoms with van der Waals surface area (Å²) in [5, 5.41) is 0. The monoisotopic (exact) mass is 256 g/mol. The van der Waals surface area contributed by atoms with Crippen LogP contribution in [0.15, 0.2) is 0 Å². The van der Waals surface area contributed by atoms with Crippen LogP contribution in [-0.2, 0) is 9.47 Å². The standard InChI is InChI=1S/C14H28N2O2/c1-11-7-14(9-15,8-12(2)18-11)16-5-6-17-10-13(16,3)4/h11-12H,5-10,15H2,1-4H3. The van der Waals surface area contributed by atoms with Crippen molar-refractivity contribution in [2.75, 3.05) is 26.3 Å². The van der Waals surface area contributed by atoms with Crippen molar-refractivity contribution < 1.29 is 9.47 Å². The number of ether oxygens (including phenoxy) is 2. The molecular formula is C14H28N2O2. The van der Waals surface area contributed by atoms with Gasteiger partial charge in [-0.25, -0.2) is 0 Å². The largest absolute Gasteiger partial charge is 0.378 e. The maximum absolute atomic E-state index is 6.18. The molecule has 2 N–H and O–H groups in total. The molecule has 4 heteroatoms. The second kappa shape index (κ2) is 5.08. The minimum Gasteiger partial charge on any atom is -0.378 e. The van der Waals surface area contributed by atoms with Crippen LogP contribution in [0.5, 0.6) is 0 Å². The van der Waals surface area contributed by atoms with E-state index in [9.17, 15) is 0 Å². The van der Waals surface area contributed by atoms with E-state index in [0.717, 1.165) is 32.6 Å². The lowest BCUT2D eigenvalue weighted by atomic mass is 9.79. The van der Waals surface area contributed by atoms with Crippen LogP contribution in [0, 0.1) is 0 Å². The topological polar surface area (TPSA) is 47.7 Å². The van der Waals surface area contributed by atoms with Gasteiger partial charge in [0, 0.05) is 24.2 Å². The molecule has 0 aromatic heterocycles. The van der Waals surface area contributed by atoms with E-state index in [0.29, 0.717) is 6.54 Å².